The molecule has 1 saturated heterocycles. The summed E-state index contributed by atoms with van der Waals surface area (Å²) in [6.07, 6.45) is 6.27. The number of rotatable bonds is 4. The first-order valence-electron chi connectivity index (χ1n) is 10.0. The minimum absolute atomic E-state index is 0.0123. The zero-order chi connectivity index (χ0) is 19.8. The minimum atomic E-state index is -0.0123. The second-order valence-corrected chi connectivity index (χ2v) is 8.59. The van der Waals surface area contributed by atoms with Crippen LogP contribution in [0.25, 0.3) is 16.3 Å². The first-order chi connectivity index (χ1) is 14.2. The fraction of sp³-hybridized carbons (Fsp3) is 0.364. The Morgan fingerprint density at radius 3 is 2.86 bits per heavy atom. The number of aryl methyl sites for hydroxylation is 1. The van der Waals surface area contributed by atoms with Gasteiger partial charge in [0.15, 0.2) is 0 Å². The maximum absolute atomic E-state index is 12.7. The van der Waals surface area contributed by atoms with Crippen molar-refractivity contribution in [1.82, 2.24) is 14.9 Å². The molecule has 29 heavy (non-hydrogen) atoms. The van der Waals surface area contributed by atoms with Gasteiger partial charge in [-0.05, 0) is 25.0 Å². The number of anilines is 1. The lowest BCUT2D eigenvalue weighted by atomic mass is 10.0. The van der Waals surface area contributed by atoms with Crippen LogP contribution in [0.3, 0.4) is 0 Å². The molecule has 0 atom stereocenters. The molecule has 1 N–H and O–H groups in total. The second kappa shape index (κ2) is 7.65. The van der Waals surface area contributed by atoms with Crippen molar-refractivity contribution in [2.75, 3.05) is 38.2 Å². The Hall–Kier alpha value is -2.64. The quantitative estimate of drug-likeness (QED) is 0.718. The summed E-state index contributed by atoms with van der Waals surface area (Å²) in [5.74, 6) is 1.67. The highest BCUT2D eigenvalue weighted by molar-refractivity contribution is 7.19. The van der Waals surface area contributed by atoms with E-state index in [-0.39, 0.29) is 5.56 Å². The summed E-state index contributed by atoms with van der Waals surface area (Å²) < 4.78 is 5.50. The summed E-state index contributed by atoms with van der Waals surface area (Å²) in [6, 6.07) is 8.15. The fourth-order valence-electron chi connectivity index (χ4n) is 4.22. The number of fused-ring (bicyclic) bond motifs is 3. The van der Waals surface area contributed by atoms with Gasteiger partial charge in [0, 0.05) is 36.6 Å². The number of aromatic amines is 1. The number of piperazine rings is 1. The Morgan fingerprint density at radius 2 is 2.03 bits per heavy atom. The molecule has 1 fully saturated rings. The number of benzene rings is 1. The predicted octanol–water partition coefficient (Wildman–Crippen LogP) is 3.27. The largest absolute Gasteiger partial charge is 0.495 e. The smallest absolute Gasteiger partial charge is 0.260 e. The molecule has 5 rings (SSSR count). The van der Waals surface area contributed by atoms with Crippen LogP contribution in [0, 0.1) is 0 Å². The molecule has 0 spiro atoms. The van der Waals surface area contributed by atoms with E-state index >= 15 is 0 Å². The molecule has 1 aromatic carbocycles. The maximum Gasteiger partial charge on any atom is 0.260 e. The van der Waals surface area contributed by atoms with Gasteiger partial charge in [0.05, 0.1) is 24.7 Å². The zero-order valence-electron chi connectivity index (χ0n) is 16.5. The van der Waals surface area contributed by atoms with E-state index in [4.69, 9.17) is 9.72 Å². The van der Waals surface area contributed by atoms with E-state index in [0.29, 0.717) is 6.54 Å². The molecular formula is C22H24N4O2S. The van der Waals surface area contributed by atoms with Gasteiger partial charge < -0.3 is 14.6 Å². The topological polar surface area (TPSA) is 61.5 Å². The molecule has 0 saturated carbocycles. The number of ether oxygens (including phenoxy) is 1. The third-order valence-corrected chi connectivity index (χ3v) is 6.88. The molecule has 7 heteroatoms. The highest BCUT2D eigenvalue weighted by atomic mass is 32.1. The molecule has 6 nitrogen and oxygen atoms in total. The molecule has 3 aromatic rings. The van der Waals surface area contributed by atoms with Gasteiger partial charge in [-0.25, -0.2) is 4.98 Å². The molecule has 0 unspecified atom stereocenters. The zero-order valence-corrected chi connectivity index (χ0v) is 17.3. The van der Waals surface area contributed by atoms with Crippen molar-refractivity contribution < 1.29 is 4.74 Å². The highest BCUT2D eigenvalue weighted by Crippen LogP contribution is 2.33. The Labute approximate surface area is 173 Å². The summed E-state index contributed by atoms with van der Waals surface area (Å²) in [6.45, 7) is 4.35. The van der Waals surface area contributed by atoms with Gasteiger partial charge >= 0.3 is 0 Å². The Kier molecular flexibility index (Phi) is 4.85. The summed E-state index contributed by atoms with van der Waals surface area (Å²) in [5, 5.41) is 0.755. The van der Waals surface area contributed by atoms with Gasteiger partial charge in [-0.1, -0.05) is 24.3 Å². The van der Waals surface area contributed by atoms with Crippen molar-refractivity contribution in [3.8, 4) is 5.75 Å². The van der Waals surface area contributed by atoms with Crippen molar-refractivity contribution in [3.05, 3.63) is 57.0 Å². The number of allylic oxidation sites excluding steroid dienone is 1. The molecule has 1 aliphatic carbocycles. The van der Waals surface area contributed by atoms with Crippen LogP contribution in [0.15, 0.2) is 35.1 Å². The third-order valence-electron chi connectivity index (χ3n) is 5.72. The van der Waals surface area contributed by atoms with E-state index in [1.54, 1.807) is 18.4 Å². The number of hydrogen-bond acceptors (Lipinski definition) is 6. The average Bonchev–Trinajstić information content (AvgIpc) is 3.13. The van der Waals surface area contributed by atoms with Crippen LogP contribution in [-0.4, -0.2) is 48.2 Å². The monoisotopic (exact) mass is 408 g/mol. The SMILES string of the molecule is COc1ccccc1N1CCN(Cc2nc3sc4c(c3c(=O)[nH]2)C=CCC4)CC1. The van der Waals surface area contributed by atoms with Crippen LogP contribution in [0.1, 0.15) is 22.7 Å². The number of thiophene rings is 1. The van der Waals surface area contributed by atoms with Crippen LogP contribution in [-0.2, 0) is 13.0 Å². The molecular weight excluding hydrogens is 384 g/mol. The van der Waals surface area contributed by atoms with Gasteiger partial charge in [-0.2, -0.15) is 0 Å². The van der Waals surface area contributed by atoms with Crippen LogP contribution in [0.2, 0.25) is 0 Å². The van der Waals surface area contributed by atoms with E-state index in [9.17, 15) is 4.79 Å². The van der Waals surface area contributed by atoms with E-state index in [1.807, 2.05) is 18.2 Å². The average molecular weight is 409 g/mol. The predicted molar refractivity (Wildman–Crippen MR) is 118 cm³/mol. The number of methoxy groups -OCH3 is 1. The van der Waals surface area contributed by atoms with Gasteiger partial charge in [-0.3, -0.25) is 9.69 Å². The van der Waals surface area contributed by atoms with Crippen molar-refractivity contribution in [2.24, 2.45) is 0 Å². The van der Waals surface area contributed by atoms with E-state index < -0.39 is 0 Å². The minimum Gasteiger partial charge on any atom is -0.495 e. The van der Waals surface area contributed by atoms with Crippen LogP contribution in [0.4, 0.5) is 5.69 Å². The third kappa shape index (κ3) is 3.45. The Bertz CT molecular complexity index is 1130. The summed E-state index contributed by atoms with van der Waals surface area (Å²) in [7, 11) is 1.71. The number of H-pyrrole nitrogens is 1. The van der Waals surface area contributed by atoms with Crippen LogP contribution >= 0.6 is 11.3 Å². The normalized spacial score (nSPS) is 16.9. The first kappa shape index (κ1) is 18.4. The lowest BCUT2D eigenvalue weighted by Gasteiger charge is -2.36. The van der Waals surface area contributed by atoms with Gasteiger partial charge in [0.2, 0.25) is 0 Å². The number of nitrogens with one attached hydrogen (secondary N) is 1. The van der Waals surface area contributed by atoms with Crippen LogP contribution in [0.5, 0.6) is 5.75 Å². The van der Waals surface area contributed by atoms with Gasteiger partial charge in [0.25, 0.3) is 5.56 Å². The summed E-state index contributed by atoms with van der Waals surface area (Å²) in [4.78, 5) is 27.4. The van der Waals surface area contributed by atoms with Crippen molar-refractivity contribution in [2.45, 2.75) is 19.4 Å². The number of aromatic nitrogens is 2. The van der Waals surface area contributed by atoms with Gasteiger partial charge in [-0.15, -0.1) is 11.3 Å². The molecule has 1 aliphatic heterocycles. The molecule has 0 radical (unpaired) electrons. The van der Waals surface area contributed by atoms with E-state index in [0.717, 1.165) is 72.1 Å². The summed E-state index contributed by atoms with van der Waals surface area (Å²) >= 11 is 1.67. The lowest BCUT2D eigenvalue weighted by Crippen LogP contribution is -2.46. The molecule has 0 bridgehead atoms. The lowest BCUT2D eigenvalue weighted by molar-refractivity contribution is 0.243. The van der Waals surface area contributed by atoms with Crippen LogP contribution < -0.4 is 15.2 Å². The van der Waals surface area contributed by atoms with Crippen molar-refractivity contribution in [1.29, 1.82) is 0 Å². The number of hydrogen-bond donors (Lipinski definition) is 1. The van der Waals surface area contributed by atoms with Gasteiger partial charge in [0.1, 0.15) is 16.4 Å². The highest BCUT2D eigenvalue weighted by Gasteiger charge is 2.22. The fourth-order valence-corrected chi connectivity index (χ4v) is 5.42. The van der Waals surface area contributed by atoms with E-state index in [1.165, 1.54) is 4.88 Å². The molecule has 3 heterocycles. The van der Waals surface area contributed by atoms with E-state index in [2.05, 4.69) is 33.0 Å². The molecule has 2 aliphatic rings. The summed E-state index contributed by atoms with van der Waals surface area (Å²) in [5.41, 5.74) is 2.20. The number of nitrogens with zero attached hydrogens (tertiary/aromatic N) is 3. The number of para-hydroxylation sites is 2. The Morgan fingerprint density at radius 1 is 1.21 bits per heavy atom. The van der Waals surface area contributed by atoms with Crippen molar-refractivity contribution >= 4 is 33.3 Å². The maximum atomic E-state index is 12.7. The standard InChI is InChI=1S/C22H24N4O2S/c1-28-17-8-4-3-7-16(17)26-12-10-25(11-13-26)14-19-23-21(27)20-15-6-2-5-9-18(15)29-22(20)24-19/h2-4,6-8H,5,9-14H2,1H3,(H,23,24,27). The molecule has 0 amide bonds. The first-order valence-corrected chi connectivity index (χ1v) is 10.9. The molecule has 150 valence electrons. The molecule has 2 aromatic heterocycles. The van der Waals surface area contributed by atoms with Crippen molar-refractivity contribution in [3.63, 3.8) is 0 Å². The second-order valence-electron chi connectivity index (χ2n) is 7.51. The Balaban J connectivity index is 1.31.